The van der Waals surface area contributed by atoms with Crippen molar-refractivity contribution < 1.29 is 13.2 Å². The van der Waals surface area contributed by atoms with Crippen LogP contribution in [0, 0.1) is 6.92 Å². The maximum absolute atomic E-state index is 12.3. The number of carbonyl (C=O) groups is 1. The lowest BCUT2D eigenvalue weighted by Crippen LogP contribution is -2.37. The van der Waals surface area contributed by atoms with Crippen LogP contribution in [0.15, 0.2) is 29.6 Å². The molecular weight excluding hydrogens is 356 g/mol. The Morgan fingerprint density at radius 3 is 2.60 bits per heavy atom. The number of hydrogen-bond donors (Lipinski definition) is 1. The molecule has 1 aromatic heterocycles. The zero-order chi connectivity index (χ0) is 17.9. The number of hydrogen-bond acceptors (Lipinski definition) is 5. The smallest absolute Gasteiger partial charge is 0.235 e. The Morgan fingerprint density at radius 1 is 1.24 bits per heavy atom. The van der Waals surface area contributed by atoms with Crippen molar-refractivity contribution >= 4 is 27.1 Å². The van der Waals surface area contributed by atoms with Crippen LogP contribution in [0.2, 0.25) is 0 Å². The van der Waals surface area contributed by atoms with Crippen molar-refractivity contribution in [3.8, 4) is 10.6 Å². The number of thiazole rings is 1. The summed E-state index contributed by atoms with van der Waals surface area (Å²) in [6, 6.07) is 8.08. The molecule has 1 aromatic carbocycles. The standard InChI is InChI=1S/C18H22N2O3S2/c1-13-6-8-14(9-7-13)18-20-16(10-24-18)11-25(22,23)12-17(21)19-15-4-2-3-5-15/h6-10,15H,2-5,11-12H2,1H3,(H,19,21). The van der Waals surface area contributed by atoms with Crippen molar-refractivity contribution in [2.75, 3.05) is 5.75 Å². The molecule has 0 unspecified atom stereocenters. The summed E-state index contributed by atoms with van der Waals surface area (Å²) < 4.78 is 24.6. The van der Waals surface area contributed by atoms with Gasteiger partial charge >= 0.3 is 0 Å². The van der Waals surface area contributed by atoms with E-state index in [0.29, 0.717) is 5.69 Å². The summed E-state index contributed by atoms with van der Waals surface area (Å²) in [5.74, 6) is -1.07. The predicted molar refractivity (Wildman–Crippen MR) is 100 cm³/mol. The molecule has 25 heavy (non-hydrogen) atoms. The van der Waals surface area contributed by atoms with Crippen molar-refractivity contribution in [3.05, 3.63) is 40.9 Å². The van der Waals surface area contributed by atoms with Gasteiger partial charge in [-0.05, 0) is 19.8 Å². The zero-order valence-corrected chi connectivity index (χ0v) is 15.8. The number of nitrogens with zero attached hydrogens (tertiary/aromatic N) is 1. The van der Waals surface area contributed by atoms with Crippen LogP contribution < -0.4 is 5.32 Å². The molecule has 1 N–H and O–H groups in total. The highest BCUT2D eigenvalue weighted by molar-refractivity contribution is 7.91. The lowest BCUT2D eigenvalue weighted by Gasteiger charge is -2.11. The molecule has 0 aliphatic heterocycles. The van der Waals surface area contributed by atoms with Gasteiger partial charge in [0.1, 0.15) is 10.8 Å². The van der Waals surface area contributed by atoms with Crippen LogP contribution in [0.4, 0.5) is 0 Å². The van der Waals surface area contributed by atoms with Gasteiger partial charge in [-0.3, -0.25) is 4.79 Å². The third-order valence-corrected chi connectivity index (χ3v) is 6.67. The fourth-order valence-corrected chi connectivity index (χ4v) is 5.13. The van der Waals surface area contributed by atoms with E-state index in [1.165, 1.54) is 11.3 Å². The Kier molecular flexibility index (Phi) is 5.54. The van der Waals surface area contributed by atoms with Gasteiger partial charge in [0.15, 0.2) is 9.84 Å². The van der Waals surface area contributed by atoms with Gasteiger partial charge in [0.25, 0.3) is 0 Å². The molecule has 0 atom stereocenters. The van der Waals surface area contributed by atoms with Crippen molar-refractivity contribution in [1.82, 2.24) is 10.3 Å². The maximum Gasteiger partial charge on any atom is 0.235 e. The molecule has 1 heterocycles. The molecule has 0 spiro atoms. The molecule has 1 amide bonds. The van der Waals surface area contributed by atoms with Gasteiger partial charge in [-0.25, -0.2) is 13.4 Å². The monoisotopic (exact) mass is 378 g/mol. The summed E-state index contributed by atoms with van der Waals surface area (Å²) in [6.07, 6.45) is 4.08. The molecule has 1 aliphatic rings. The summed E-state index contributed by atoms with van der Waals surface area (Å²) in [7, 11) is -3.52. The topological polar surface area (TPSA) is 76.1 Å². The van der Waals surface area contributed by atoms with Crippen molar-refractivity contribution in [2.45, 2.75) is 44.4 Å². The second-order valence-corrected chi connectivity index (χ2v) is 9.51. The highest BCUT2D eigenvalue weighted by Gasteiger charge is 2.23. The first kappa shape index (κ1) is 18.1. The zero-order valence-electron chi connectivity index (χ0n) is 14.2. The Balaban J connectivity index is 1.60. The number of aryl methyl sites for hydroxylation is 1. The fourth-order valence-electron chi connectivity index (χ4n) is 3.02. The molecule has 134 valence electrons. The van der Waals surface area contributed by atoms with Gasteiger partial charge in [0, 0.05) is 17.0 Å². The van der Waals surface area contributed by atoms with Crippen LogP contribution in [-0.2, 0) is 20.4 Å². The average Bonchev–Trinajstić information content (AvgIpc) is 3.19. The largest absolute Gasteiger partial charge is 0.352 e. The van der Waals surface area contributed by atoms with Gasteiger partial charge < -0.3 is 5.32 Å². The van der Waals surface area contributed by atoms with E-state index < -0.39 is 21.5 Å². The van der Waals surface area contributed by atoms with Crippen molar-refractivity contribution in [1.29, 1.82) is 0 Å². The van der Waals surface area contributed by atoms with Crippen LogP contribution in [0.3, 0.4) is 0 Å². The van der Waals surface area contributed by atoms with E-state index in [0.717, 1.165) is 41.8 Å². The average molecular weight is 379 g/mol. The van der Waals surface area contributed by atoms with E-state index in [1.54, 1.807) is 5.38 Å². The first-order chi connectivity index (χ1) is 11.9. The van der Waals surface area contributed by atoms with E-state index >= 15 is 0 Å². The number of carbonyl (C=O) groups excluding carboxylic acids is 1. The van der Waals surface area contributed by atoms with Gasteiger partial charge in [-0.15, -0.1) is 11.3 Å². The predicted octanol–water partition coefficient (Wildman–Crippen LogP) is 3.09. The summed E-state index contributed by atoms with van der Waals surface area (Å²) in [6.45, 7) is 2.01. The highest BCUT2D eigenvalue weighted by atomic mass is 32.2. The molecule has 1 aliphatic carbocycles. The Bertz CT molecular complexity index is 835. The Morgan fingerprint density at radius 2 is 1.92 bits per heavy atom. The highest BCUT2D eigenvalue weighted by Crippen LogP contribution is 2.25. The molecule has 0 bridgehead atoms. The number of nitrogens with one attached hydrogen (secondary N) is 1. The summed E-state index contributed by atoms with van der Waals surface area (Å²) in [4.78, 5) is 16.4. The molecule has 1 fully saturated rings. The van der Waals surface area contributed by atoms with E-state index in [2.05, 4.69) is 10.3 Å². The minimum Gasteiger partial charge on any atom is -0.352 e. The maximum atomic E-state index is 12.3. The Labute approximate surface area is 152 Å². The Hall–Kier alpha value is -1.73. The second kappa shape index (κ2) is 7.66. The van der Waals surface area contributed by atoms with Crippen LogP contribution in [0.5, 0.6) is 0 Å². The van der Waals surface area contributed by atoms with Gasteiger partial charge in [-0.1, -0.05) is 42.7 Å². The van der Waals surface area contributed by atoms with Gasteiger partial charge in [0.2, 0.25) is 5.91 Å². The van der Waals surface area contributed by atoms with E-state index in [9.17, 15) is 13.2 Å². The van der Waals surface area contributed by atoms with Crippen LogP contribution >= 0.6 is 11.3 Å². The van der Waals surface area contributed by atoms with E-state index in [-0.39, 0.29) is 11.8 Å². The molecule has 5 nitrogen and oxygen atoms in total. The van der Waals surface area contributed by atoms with Crippen molar-refractivity contribution in [3.63, 3.8) is 0 Å². The lowest BCUT2D eigenvalue weighted by molar-refractivity contribution is -0.119. The minimum absolute atomic E-state index is 0.134. The number of rotatable bonds is 6. The second-order valence-electron chi connectivity index (χ2n) is 6.59. The molecule has 1 saturated carbocycles. The number of aromatic nitrogens is 1. The quantitative estimate of drug-likeness (QED) is 0.838. The fraction of sp³-hybridized carbons (Fsp3) is 0.444. The van der Waals surface area contributed by atoms with E-state index in [1.807, 2.05) is 31.2 Å². The summed E-state index contributed by atoms with van der Waals surface area (Å²) in [5.41, 5.74) is 2.63. The normalized spacial score (nSPS) is 15.4. The summed E-state index contributed by atoms with van der Waals surface area (Å²) in [5, 5.41) is 5.37. The number of sulfone groups is 1. The third-order valence-electron chi connectivity index (χ3n) is 4.29. The molecule has 3 rings (SSSR count). The number of benzene rings is 1. The van der Waals surface area contributed by atoms with Crippen LogP contribution in [0.1, 0.15) is 36.9 Å². The molecule has 0 radical (unpaired) electrons. The molecular formula is C18H22N2O3S2. The minimum atomic E-state index is -3.52. The third kappa shape index (κ3) is 5.12. The molecule has 0 saturated heterocycles. The molecule has 2 aromatic rings. The summed E-state index contributed by atoms with van der Waals surface area (Å²) >= 11 is 1.42. The first-order valence-electron chi connectivity index (χ1n) is 8.42. The van der Waals surface area contributed by atoms with Crippen molar-refractivity contribution in [2.24, 2.45) is 0 Å². The first-order valence-corrected chi connectivity index (χ1v) is 11.1. The number of amides is 1. The van der Waals surface area contributed by atoms with Gasteiger partial charge in [0.05, 0.1) is 11.4 Å². The molecule has 7 heteroatoms. The van der Waals surface area contributed by atoms with Gasteiger partial charge in [-0.2, -0.15) is 0 Å². The SMILES string of the molecule is Cc1ccc(-c2nc(CS(=O)(=O)CC(=O)NC3CCCC3)cs2)cc1. The lowest BCUT2D eigenvalue weighted by atomic mass is 10.2. The van der Waals surface area contributed by atoms with Crippen LogP contribution in [0.25, 0.3) is 10.6 Å². The van der Waals surface area contributed by atoms with E-state index in [4.69, 9.17) is 0 Å². The van der Waals surface area contributed by atoms with Crippen LogP contribution in [-0.4, -0.2) is 31.1 Å².